The third-order valence-electron chi connectivity index (χ3n) is 10.2. The predicted molar refractivity (Wildman–Crippen MR) is 107 cm³/mol. The molecular weight excluding hydrogens is 336 g/mol. The SMILES string of the molecule is CC(CCC(=O)O)C1CCC2C3C(CC[C@]12C)[C@@]1(C)CCCCC1C[C@@H]3O. The van der Waals surface area contributed by atoms with Gasteiger partial charge in [-0.25, -0.2) is 0 Å². The first kappa shape index (κ1) is 19.7. The Balaban J connectivity index is 1.56. The largest absolute Gasteiger partial charge is 0.481 e. The zero-order chi connectivity index (χ0) is 19.4. The van der Waals surface area contributed by atoms with Gasteiger partial charge in [-0.2, -0.15) is 0 Å². The van der Waals surface area contributed by atoms with Gasteiger partial charge in [0.15, 0.2) is 0 Å². The van der Waals surface area contributed by atoms with E-state index in [1.54, 1.807) is 0 Å². The van der Waals surface area contributed by atoms with Gasteiger partial charge in [0.2, 0.25) is 0 Å². The molecule has 4 saturated carbocycles. The molecule has 0 aliphatic heterocycles. The Morgan fingerprint density at radius 3 is 2.52 bits per heavy atom. The fourth-order valence-corrected chi connectivity index (χ4v) is 8.78. The molecule has 0 aromatic rings. The molecule has 0 saturated heterocycles. The summed E-state index contributed by atoms with van der Waals surface area (Å²) in [6.45, 7) is 7.33. The fraction of sp³-hybridized carbons (Fsp3) is 0.958. The third-order valence-corrected chi connectivity index (χ3v) is 10.2. The van der Waals surface area contributed by atoms with E-state index in [4.69, 9.17) is 5.11 Å². The van der Waals surface area contributed by atoms with E-state index in [0.717, 1.165) is 18.8 Å². The summed E-state index contributed by atoms with van der Waals surface area (Å²) in [5, 5.41) is 20.3. The molecule has 6 unspecified atom stereocenters. The van der Waals surface area contributed by atoms with Crippen molar-refractivity contribution in [2.45, 2.75) is 97.5 Å². The quantitative estimate of drug-likeness (QED) is 0.680. The Kier molecular flexibility index (Phi) is 5.15. The number of hydrogen-bond donors (Lipinski definition) is 2. The van der Waals surface area contributed by atoms with Gasteiger partial charge in [-0.3, -0.25) is 4.79 Å². The Labute approximate surface area is 165 Å². The number of carboxylic acid groups (broad SMARTS) is 1. The number of rotatable bonds is 4. The summed E-state index contributed by atoms with van der Waals surface area (Å²) >= 11 is 0. The molecule has 0 radical (unpaired) electrons. The summed E-state index contributed by atoms with van der Waals surface area (Å²) in [6.07, 6.45) is 12.5. The van der Waals surface area contributed by atoms with Crippen LogP contribution in [0, 0.1) is 46.3 Å². The third kappa shape index (κ3) is 3.07. The number of carboxylic acids is 1. The second kappa shape index (κ2) is 7.04. The number of carbonyl (C=O) groups is 1. The highest BCUT2D eigenvalue weighted by Gasteiger charge is 2.62. The lowest BCUT2D eigenvalue weighted by molar-refractivity contribution is -0.164. The number of aliphatic hydroxyl groups is 1. The van der Waals surface area contributed by atoms with Gasteiger partial charge in [0.1, 0.15) is 0 Å². The zero-order valence-electron chi connectivity index (χ0n) is 17.6. The topological polar surface area (TPSA) is 57.5 Å². The summed E-state index contributed by atoms with van der Waals surface area (Å²) in [4.78, 5) is 11.0. The molecule has 4 rings (SSSR count). The molecule has 0 heterocycles. The van der Waals surface area contributed by atoms with Gasteiger partial charge >= 0.3 is 5.97 Å². The van der Waals surface area contributed by atoms with Crippen molar-refractivity contribution in [1.82, 2.24) is 0 Å². The summed E-state index contributed by atoms with van der Waals surface area (Å²) in [6, 6.07) is 0. The summed E-state index contributed by atoms with van der Waals surface area (Å²) in [7, 11) is 0. The van der Waals surface area contributed by atoms with Gasteiger partial charge in [0, 0.05) is 6.42 Å². The monoisotopic (exact) mass is 376 g/mol. The van der Waals surface area contributed by atoms with Crippen LogP contribution in [0.4, 0.5) is 0 Å². The second-order valence-corrected chi connectivity index (χ2v) is 11.2. The molecule has 0 aromatic heterocycles. The van der Waals surface area contributed by atoms with E-state index in [2.05, 4.69) is 20.8 Å². The standard InChI is InChI=1S/C24H40O3/c1-15(7-10-21(26)27)17-8-9-18-22-19(11-13-24(17,18)3)23(2)12-5-4-6-16(23)14-20(22)25/h15-20,22,25H,4-14H2,1-3H3,(H,26,27)/t15?,16?,17?,18?,19?,20-,22?,23-,24+/m0/s1. The summed E-state index contributed by atoms with van der Waals surface area (Å²) in [5.41, 5.74) is 0.758. The molecule has 27 heavy (non-hydrogen) atoms. The maximum atomic E-state index is 11.2. The van der Waals surface area contributed by atoms with Crippen molar-refractivity contribution in [2.75, 3.05) is 0 Å². The molecule has 0 amide bonds. The minimum Gasteiger partial charge on any atom is -0.481 e. The van der Waals surface area contributed by atoms with Crippen LogP contribution >= 0.6 is 0 Å². The predicted octanol–water partition coefficient (Wildman–Crippen LogP) is 5.51. The first-order valence-electron chi connectivity index (χ1n) is 11.7. The average Bonchev–Trinajstić information content (AvgIpc) is 2.97. The number of aliphatic carboxylic acids is 1. The minimum atomic E-state index is -0.663. The number of fused-ring (bicyclic) bond motifs is 5. The van der Waals surface area contributed by atoms with Gasteiger partial charge in [-0.15, -0.1) is 0 Å². The zero-order valence-corrected chi connectivity index (χ0v) is 17.6. The van der Waals surface area contributed by atoms with Crippen molar-refractivity contribution in [3.05, 3.63) is 0 Å². The van der Waals surface area contributed by atoms with Crippen molar-refractivity contribution >= 4 is 5.97 Å². The van der Waals surface area contributed by atoms with Crippen molar-refractivity contribution in [3.8, 4) is 0 Å². The van der Waals surface area contributed by atoms with Crippen LogP contribution in [0.25, 0.3) is 0 Å². The van der Waals surface area contributed by atoms with E-state index in [9.17, 15) is 9.90 Å². The molecule has 0 bridgehead atoms. The molecule has 2 N–H and O–H groups in total. The van der Waals surface area contributed by atoms with Crippen LogP contribution in [-0.2, 0) is 4.79 Å². The van der Waals surface area contributed by atoms with Crippen LogP contribution < -0.4 is 0 Å². The molecule has 4 aliphatic rings. The van der Waals surface area contributed by atoms with Crippen LogP contribution in [0.2, 0.25) is 0 Å². The molecule has 0 aromatic carbocycles. The Morgan fingerprint density at radius 1 is 1.04 bits per heavy atom. The van der Waals surface area contributed by atoms with E-state index >= 15 is 0 Å². The van der Waals surface area contributed by atoms with Gasteiger partial charge in [-0.1, -0.05) is 33.6 Å². The van der Waals surface area contributed by atoms with E-state index in [-0.39, 0.29) is 6.10 Å². The molecule has 0 spiro atoms. The first-order valence-corrected chi connectivity index (χ1v) is 11.7. The fourth-order valence-electron chi connectivity index (χ4n) is 8.78. The summed E-state index contributed by atoms with van der Waals surface area (Å²) < 4.78 is 0. The second-order valence-electron chi connectivity index (χ2n) is 11.2. The molecule has 9 atom stereocenters. The lowest BCUT2D eigenvalue weighted by Crippen LogP contribution is -2.57. The van der Waals surface area contributed by atoms with E-state index in [1.165, 1.54) is 51.4 Å². The average molecular weight is 377 g/mol. The Bertz CT molecular complexity index is 574. The van der Waals surface area contributed by atoms with Crippen molar-refractivity contribution < 1.29 is 15.0 Å². The van der Waals surface area contributed by atoms with Crippen LogP contribution in [0.1, 0.15) is 91.4 Å². The molecule has 3 nitrogen and oxygen atoms in total. The molecule has 4 fully saturated rings. The lowest BCUT2D eigenvalue weighted by atomic mass is 9.44. The maximum Gasteiger partial charge on any atom is 0.303 e. The van der Waals surface area contributed by atoms with Crippen molar-refractivity contribution in [3.63, 3.8) is 0 Å². The van der Waals surface area contributed by atoms with Gasteiger partial charge in [-0.05, 0) is 97.7 Å². The molecule has 154 valence electrons. The van der Waals surface area contributed by atoms with Gasteiger partial charge in [0.05, 0.1) is 6.10 Å². The molecular formula is C24H40O3. The van der Waals surface area contributed by atoms with E-state index < -0.39 is 5.97 Å². The highest BCUT2D eigenvalue weighted by molar-refractivity contribution is 5.66. The van der Waals surface area contributed by atoms with Gasteiger partial charge < -0.3 is 10.2 Å². The van der Waals surface area contributed by atoms with Crippen LogP contribution in [0.3, 0.4) is 0 Å². The molecule has 4 aliphatic carbocycles. The first-order chi connectivity index (χ1) is 12.8. The van der Waals surface area contributed by atoms with Gasteiger partial charge in [0.25, 0.3) is 0 Å². The van der Waals surface area contributed by atoms with Crippen molar-refractivity contribution in [2.24, 2.45) is 46.3 Å². The minimum absolute atomic E-state index is 0.108. The van der Waals surface area contributed by atoms with Crippen LogP contribution in [0.5, 0.6) is 0 Å². The van der Waals surface area contributed by atoms with Crippen LogP contribution in [-0.4, -0.2) is 22.3 Å². The number of hydrogen-bond acceptors (Lipinski definition) is 2. The Hall–Kier alpha value is -0.570. The highest BCUT2D eigenvalue weighted by Crippen LogP contribution is 2.68. The smallest absolute Gasteiger partial charge is 0.303 e. The number of aliphatic hydroxyl groups excluding tert-OH is 1. The normalized spacial score (nSPS) is 50.4. The summed E-state index contributed by atoms with van der Waals surface area (Å²) in [5.74, 6) is 3.02. The molecule has 3 heteroatoms. The maximum absolute atomic E-state index is 11.2. The van der Waals surface area contributed by atoms with Crippen LogP contribution in [0.15, 0.2) is 0 Å². The van der Waals surface area contributed by atoms with E-state index in [0.29, 0.717) is 46.8 Å². The highest BCUT2D eigenvalue weighted by atomic mass is 16.4. The van der Waals surface area contributed by atoms with Crippen molar-refractivity contribution in [1.29, 1.82) is 0 Å². The Morgan fingerprint density at radius 2 is 1.78 bits per heavy atom. The van der Waals surface area contributed by atoms with E-state index in [1.807, 2.05) is 0 Å². The lowest BCUT2D eigenvalue weighted by Gasteiger charge is -2.62.